The normalized spacial score (nSPS) is 10.8. The Morgan fingerprint density at radius 2 is 2.10 bits per heavy atom. The first-order chi connectivity index (χ1) is 4.45. The van der Waals surface area contributed by atoms with Crippen molar-refractivity contribution in [3.63, 3.8) is 0 Å². The van der Waals surface area contributed by atoms with Crippen LogP contribution in [0.1, 0.15) is 20.8 Å². The van der Waals surface area contributed by atoms with E-state index in [2.05, 4.69) is 21.2 Å². The van der Waals surface area contributed by atoms with Gasteiger partial charge in [0.1, 0.15) is 5.60 Å². The second kappa shape index (κ2) is 3.81. The number of carbonyl (C=O) groups is 1. The van der Waals surface area contributed by atoms with Gasteiger partial charge in [0, 0.05) is 0 Å². The molecule has 0 bridgehead atoms. The highest BCUT2D eigenvalue weighted by molar-refractivity contribution is 9.09. The predicted octanol–water partition coefficient (Wildman–Crippen LogP) is 1.86. The van der Waals surface area contributed by atoms with Gasteiger partial charge in [0.2, 0.25) is 0 Å². The number of amides is 1. The maximum atomic E-state index is 10.7. The molecule has 0 aliphatic heterocycles. The number of rotatable bonds is 1. The largest absolute Gasteiger partial charge is 0.444 e. The van der Waals surface area contributed by atoms with Gasteiger partial charge in [0.15, 0.2) is 0 Å². The minimum Gasteiger partial charge on any atom is -0.444 e. The lowest BCUT2D eigenvalue weighted by Gasteiger charge is -2.18. The molecule has 0 unspecified atom stereocenters. The third-order valence-corrected chi connectivity index (χ3v) is 0.890. The third kappa shape index (κ3) is 5.88. The van der Waals surface area contributed by atoms with Crippen LogP contribution in [0.5, 0.6) is 0 Å². The Hall–Kier alpha value is -0.250. The van der Waals surface area contributed by atoms with Crippen LogP contribution in [0.2, 0.25) is 0 Å². The summed E-state index contributed by atoms with van der Waals surface area (Å²) in [6.07, 6.45) is -0.399. The van der Waals surface area contributed by atoms with E-state index < -0.39 is 11.7 Å². The Bertz CT molecular complexity index is 119. The summed E-state index contributed by atoms with van der Waals surface area (Å²) < 4.78 is 4.90. The van der Waals surface area contributed by atoms with Gasteiger partial charge >= 0.3 is 6.09 Å². The maximum Gasteiger partial charge on any atom is 0.408 e. The molecule has 0 aromatic heterocycles. The first-order valence-corrected chi connectivity index (χ1v) is 4.10. The first kappa shape index (κ1) is 9.75. The van der Waals surface area contributed by atoms with Crippen molar-refractivity contribution in [3.05, 3.63) is 0 Å². The van der Waals surface area contributed by atoms with Gasteiger partial charge in [-0.25, -0.2) is 4.79 Å². The number of carbonyl (C=O) groups excluding carboxylic acids is 1. The Morgan fingerprint density at radius 1 is 1.60 bits per heavy atom. The summed E-state index contributed by atoms with van der Waals surface area (Å²) in [6, 6.07) is 0. The van der Waals surface area contributed by atoms with Gasteiger partial charge in [-0.05, 0) is 20.8 Å². The zero-order chi connectivity index (χ0) is 8.20. The molecule has 10 heavy (non-hydrogen) atoms. The van der Waals surface area contributed by atoms with Crippen LogP contribution < -0.4 is 5.32 Å². The zero-order valence-corrected chi connectivity index (χ0v) is 7.99. The summed E-state index contributed by atoms with van der Waals surface area (Å²) >= 11 is 3.05. The SMILES string of the molecule is CC(C)(C)OC(=O)NCBr. The molecular formula is C6H12BrNO2. The number of hydrogen-bond acceptors (Lipinski definition) is 2. The highest BCUT2D eigenvalue weighted by Gasteiger charge is 2.14. The second-order valence-electron chi connectivity index (χ2n) is 2.81. The van der Waals surface area contributed by atoms with Gasteiger partial charge in [-0.15, -0.1) is 0 Å². The molecule has 0 aliphatic rings. The van der Waals surface area contributed by atoms with Crippen LogP contribution in [0.25, 0.3) is 0 Å². The van der Waals surface area contributed by atoms with Crippen molar-refractivity contribution < 1.29 is 9.53 Å². The van der Waals surface area contributed by atoms with Crippen LogP contribution in [-0.4, -0.2) is 17.1 Å². The lowest BCUT2D eigenvalue weighted by Crippen LogP contribution is -2.31. The summed E-state index contributed by atoms with van der Waals surface area (Å²) in [7, 11) is 0. The molecule has 3 nitrogen and oxygen atoms in total. The van der Waals surface area contributed by atoms with Crippen LogP contribution in [-0.2, 0) is 4.74 Å². The smallest absolute Gasteiger partial charge is 0.408 e. The summed E-state index contributed by atoms with van der Waals surface area (Å²) in [5.41, 5.74) is 0.00810. The van der Waals surface area contributed by atoms with Gasteiger partial charge in [-0.1, -0.05) is 15.9 Å². The van der Waals surface area contributed by atoms with Crippen LogP contribution >= 0.6 is 15.9 Å². The molecule has 1 N–H and O–H groups in total. The van der Waals surface area contributed by atoms with E-state index >= 15 is 0 Å². The molecule has 0 aliphatic carbocycles. The van der Waals surface area contributed by atoms with Gasteiger partial charge in [-0.2, -0.15) is 0 Å². The number of hydrogen-bond donors (Lipinski definition) is 1. The average molecular weight is 210 g/mol. The zero-order valence-electron chi connectivity index (χ0n) is 6.40. The predicted molar refractivity (Wildman–Crippen MR) is 43.2 cm³/mol. The van der Waals surface area contributed by atoms with Crippen LogP contribution in [0, 0.1) is 0 Å². The lowest BCUT2D eigenvalue weighted by molar-refractivity contribution is 0.0539. The number of ether oxygens (including phenoxy) is 1. The van der Waals surface area contributed by atoms with Crippen molar-refractivity contribution in [2.75, 3.05) is 5.45 Å². The van der Waals surface area contributed by atoms with E-state index in [1.54, 1.807) is 0 Å². The molecule has 0 heterocycles. The molecule has 1 amide bonds. The molecule has 0 aromatic carbocycles. The van der Waals surface area contributed by atoms with Crippen LogP contribution in [0.4, 0.5) is 4.79 Å². The van der Waals surface area contributed by atoms with Crippen LogP contribution in [0.15, 0.2) is 0 Å². The summed E-state index contributed by atoms with van der Waals surface area (Å²) in [6.45, 7) is 5.46. The molecule has 0 rings (SSSR count). The van der Waals surface area contributed by atoms with E-state index in [0.29, 0.717) is 5.45 Å². The fourth-order valence-electron chi connectivity index (χ4n) is 0.369. The van der Waals surface area contributed by atoms with Crippen molar-refractivity contribution in [2.45, 2.75) is 26.4 Å². The van der Waals surface area contributed by atoms with Crippen molar-refractivity contribution in [1.82, 2.24) is 5.32 Å². The third-order valence-electron chi connectivity index (χ3n) is 0.610. The number of nitrogens with one attached hydrogen (secondary N) is 1. The topological polar surface area (TPSA) is 38.3 Å². The fourth-order valence-corrected chi connectivity index (χ4v) is 0.598. The van der Waals surface area contributed by atoms with E-state index in [0.717, 1.165) is 0 Å². The van der Waals surface area contributed by atoms with E-state index in [1.807, 2.05) is 20.8 Å². The monoisotopic (exact) mass is 209 g/mol. The number of alkyl halides is 1. The molecule has 0 saturated carbocycles. The van der Waals surface area contributed by atoms with Crippen LogP contribution in [0.3, 0.4) is 0 Å². The summed E-state index contributed by atoms with van der Waals surface area (Å²) in [5.74, 6) is 0. The average Bonchev–Trinajstić information content (AvgIpc) is 1.59. The summed E-state index contributed by atoms with van der Waals surface area (Å²) in [4.78, 5) is 10.7. The van der Waals surface area contributed by atoms with Gasteiger partial charge < -0.3 is 10.1 Å². The van der Waals surface area contributed by atoms with Gasteiger partial charge in [0.25, 0.3) is 0 Å². The number of alkyl carbamates (subject to hydrolysis) is 1. The van der Waals surface area contributed by atoms with Gasteiger partial charge in [-0.3, -0.25) is 0 Å². The molecule has 0 fully saturated rings. The molecule has 60 valence electrons. The van der Waals surface area contributed by atoms with Crippen molar-refractivity contribution in [1.29, 1.82) is 0 Å². The minimum atomic E-state index is -0.410. The standard InChI is InChI=1S/C6H12BrNO2/c1-6(2,3)10-5(9)8-4-7/h4H2,1-3H3,(H,8,9). The van der Waals surface area contributed by atoms with Crippen molar-refractivity contribution in [2.24, 2.45) is 0 Å². The van der Waals surface area contributed by atoms with E-state index in [-0.39, 0.29) is 0 Å². The van der Waals surface area contributed by atoms with E-state index in [4.69, 9.17) is 4.74 Å². The second-order valence-corrected chi connectivity index (χ2v) is 3.37. The molecule has 0 saturated heterocycles. The quantitative estimate of drug-likeness (QED) is 0.529. The Labute approximate surface area is 69.3 Å². The minimum absolute atomic E-state index is 0.399. The van der Waals surface area contributed by atoms with Crippen molar-refractivity contribution >= 4 is 22.0 Å². The summed E-state index contributed by atoms with van der Waals surface area (Å²) in [5, 5.41) is 2.46. The van der Waals surface area contributed by atoms with E-state index in [9.17, 15) is 4.79 Å². The lowest BCUT2D eigenvalue weighted by atomic mass is 10.2. The Morgan fingerprint density at radius 3 is 2.40 bits per heavy atom. The fraction of sp³-hybridized carbons (Fsp3) is 0.833. The Kier molecular flexibility index (Phi) is 3.71. The maximum absolute atomic E-state index is 10.7. The molecule has 0 radical (unpaired) electrons. The molecule has 0 aromatic rings. The highest BCUT2D eigenvalue weighted by atomic mass is 79.9. The molecule has 0 spiro atoms. The van der Waals surface area contributed by atoms with Crippen molar-refractivity contribution in [3.8, 4) is 0 Å². The number of halogens is 1. The Balaban J connectivity index is 3.58. The highest BCUT2D eigenvalue weighted by Crippen LogP contribution is 2.06. The first-order valence-electron chi connectivity index (χ1n) is 2.98. The van der Waals surface area contributed by atoms with E-state index in [1.165, 1.54) is 0 Å². The molecular weight excluding hydrogens is 198 g/mol. The van der Waals surface area contributed by atoms with Gasteiger partial charge in [0.05, 0.1) is 5.45 Å². The molecule has 0 atom stereocenters. The molecule has 4 heteroatoms.